The fourth-order valence-electron chi connectivity index (χ4n) is 5.19. The van der Waals surface area contributed by atoms with Gasteiger partial charge in [0.15, 0.2) is 0 Å². The second-order valence-electron chi connectivity index (χ2n) is 9.85. The van der Waals surface area contributed by atoms with Crippen molar-refractivity contribution in [3.05, 3.63) is 41.1 Å². The first-order valence-corrected chi connectivity index (χ1v) is 12.4. The zero-order valence-electron chi connectivity index (χ0n) is 20.5. The minimum Gasteiger partial charge on any atom is -0.353 e. The van der Waals surface area contributed by atoms with Crippen molar-refractivity contribution in [3.63, 3.8) is 0 Å². The molecule has 3 aliphatic heterocycles. The summed E-state index contributed by atoms with van der Waals surface area (Å²) < 4.78 is 0. The third kappa shape index (κ3) is 4.45. The predicted octanol–water partition coefficient (Wildman–Crippen LogP) is 2.70. The average molecular weight is 463 g/mol. The van der Waals surface area contributed by atoms with Crippen LogP contribution in [0.25, 0.3) is 0 Å². The summed E-state index contributed by atoms with van der Waals surface area (Å²) in [5, 5.41) is 0. The topological polar surface area (TPSA) is 72.9 Å². The van der Waals surface area contributed by atoms with E-state index < -0.39 is 0 Å². The molecule has 1 atom stereocenters. The van der Waals surface area contributed by atoms with Crippen LogP contribution in [0.1, 0.15) is 36.1 Å². The SMILES string of the molecule is Cc1cc(N2CCN(C(=O)C3CC(=O)N(c4ccc(C)c(C)c4)C3)CC2)nc(N2CCCC2)n1. The van der Waals surface area contributed by atoms with Gasteiger partial charge in [0.1, 0.15) is 5.82 Å². The van der Waals surface area contributed by atoms with Gasteiger partial charge in [0.05, 0.1) is 5.92 Å². The van der Waals surface area contributed by atoms with E-state index in [0.717, 1.165) is 54.9 Å². The largest absolute Gasteiger partial charge is 0.353 e. The van der Waals surface area contributed by atoms with Crippen molar-refractivity contribution in [1.29, 1.82) is 0 Å². The Morgan fingerprint density at radius 2 is 1.62 bits per heavy atom. The lowest BCUT2D eigenvalue weighted by Crippen LogP contribution is -2.51. The van der Waals surface area contributed by atoms with E-state index in [-0.39, 0.29) is 24.2 Å². The van der Waals surface area contributed by atoms with Gasteiger partial charge < -0.3 is 19.6 Å². The Balaban J connectivity index is 1.21. The van der Waals surface area contributed by atoms with Crippen LogP contribution in [0.5, 0.6) is 0 Å². The number of carbonyl (C=O) groups excluding carboxylic acids is 2. The molecule has 34 heavy (non-hydrogen) atoms. The standard InChI is InChI=1S/C26H34N6O2/c1-18-6-7-22(14-19(18)2)32-17-21(16-24(32)33)25(34)30-12-10-29(11-13-30)23-15-20(3)27-26(28-23)31-8-4-5-9-31/h6-7,14-15,21H,4-5,8-13,16-17H2,1-3H3. The highest BCUT2D eigenvalue weighted by Crippen LogP contribution is 2.29. The molecule has 2 aromatic rings. The maximum atomic E-state index is 13.3. The first-order valence-electron chi connectivity index (χ1n) is 12.4. The van der Waals surface area contributed by atoms with Crippen molar-refractivity contribution in [1.82, 2.24) is 14.9 Å². The molecule has 2 amide bonds. The van der Waals surface area contributed by atoms with E-state index in [4.69, 9.17) is 4.98 Å². The van der Waals surface area contributed by atoms with E-state index in [9.17, 15) is 9.59 Å². The minimum absolute atomic E-state index is 0.0335. The third-order valence-corrected chi connectivity index (χ3v) is 7.41. The van der Waals surface area contributed by atoms with Crippen molar-refractivity contribution in [2.75, 3.05) is 60.5 Å². The summed E-state index contributed by atoms with van der Waals surface area (Å²) >= 11 is 0. The number of aromatic nitrogens is 2. The van der Waals surface area contributed by atoms with Crippen molar-refractivity contribution in [2.24, 2.45) is 5.92 Å². The number of rotatable bonds is 4. The molecule has 0 spiro atoms. The number of nitrogens with zero attached hydrogens (tertiary/aromatic N) is 6. The molecule has 5 rings (SSSR count). The van der Waals surface area contributed by atoms with Gasteiger partial charge in [-0.1, -0.05) is 6.07 Å². The van der Waals surface area contributed by atoms with Crippen molar-refractivity contribution < 1.29 is 9.59 Å². The molecule has 0 saturated carbocycles. The fraction of sp³-hybridized carbons (Fsp3) is 0.538. The summed E-state index contributed by atoms with van der Waals surface area (Å²) in [6.07, 6.45) is 2.67. The van der Waals surface area contributed by atoms with Gasteiger partial charge in [-0.15, -0.1) is 0 Å². The second kappa shape index (κ2) is 9.24. The molecule has 8 heteroatoms. The molecular weight excluding hydrogens is 428 g/mol. The van der Waals surface area contributed by atoms with Crippen LogP contribution in [0.2, 0.25) is 0 Å². The van der Waals surface area contributed by atoms with Crippen LogP contribution in [-0.4, -0.2) is 72.5 Å². The van der Waals surface area contributed by atoms with Crippen LogP contribution in [0, 0.1) is 26.7 Å². The van der Waals surface area contributed by atoms with E-state index in [1.165, 1.54) is 18.4 Å². The zero-order chi connectivity index (χ0) is 23.8. The highest BCUT2D eigenvalue weighted by atomic mass is 16.2. The Labute approximate surface area is 201 Å². The van der Waals surface area contributed by atoms with Crippen LogP contribution in [0.3, 0.4) is 0 Å². The van der Waals surface area contributed by atoms with Gasteiger partial charge >= 0.3 is 0 Å². The first-order chi connectivity index (χ1) is 16.4. The number of anilines is 3. The quantitative estimate of drug-likeness (QED) is 0.696. The highest BCUT2D eigenvalue weighted by Gasteiger charge is 2.38. The molecule has 4 heterocycles. The molecule has 0 bridgehead atoms. The maximum absolute atomic E-state index is 13.3. The van der Waals surface area contributed by atoms with Crippen LogP contribution in [0.4, 0.5) is 17.5 Å². The maximum Gasteiger partial charge on any atom is 0.228 e. The van der Waals surface area contributed by atoms with Crippen molar-refractivity contribution >= 4 is 29.3 Å². The summed E-state index contributed by atoms with van der Waals surface area (Å²) in [6.45, 7) is 11.4. The summed E-state index contributed by atoms with van der Waals surface area (Å²) in [5.41, 5.74) is 4.22. The molecule has 180 valence electrons. The second-order valence-corrected chi connectivity index (χ2v) is 9.85. The minimum atomic E-state index is -0.274. The number of aryl methyl sites for hydroxylation is 3. The molecule has 1 aromatic carbocycles. The van der Waals surface area contributed by atoms with Gasteiger partial charge in [0.2, 0.25) is 17.8 Å². The fourth-order valence-corrected chi connectivity index (χ4v) is 5.19. The molecule has 3 aliphatic rings. The Hall–Kier alpha value is -3.16. The molecule has 0 N–H and O–H groups in total. The van der Waals surface area contributed by atoms with E-state index in [1.54, 1.807) is 4.90 Å². The number of hydrogen-bond donors (Lipinski definition) is 0. The van der Waals surface area contributed by atoms with Crippen LogP contribution >= 0.6 is 0 Å². The predicted molar refractivity (Wildman–Crippen MR) is 133 cm³/mol. The van der Waals surface area contributed by atoms with Crippen LogP contribution in [0.15, 0.2) is 24.3 Å². The normalized spacial score (nSPS) is 21.0. The smallest absolute Gasteiger partial charge is 0.228 e. The monoisotopic (exact) mass is 462 g/mol. The van der Waals surface area contributed by atoms with E-state index in [0.29, 0.717) is 19.6 Å². The van der Waals surface area contributed by atoms with Gasteiger partial charge in [-0.2, -0.15) is 4.98 Å². The molecule has 3 fully saturated rings. The summed E-state index contributed by atoms with van der Waals surface area (Å²) in [7, 11) is 0. The molecule has 3 saturated heterocycles. The molecule has 0 radical (unpaired) electrons. The zero-order valence-corrected chi connectivity index (χ0v) is 20.5. The first kappa shape index (κ1) is 22.6. The Bertz CT molecular complexity index is 1090. The number of piperazine rings is 1. The third-order valence-electron chi connectivity index (χ3n) is 7.41. The van der Waals surface area contributed by atoms with E-state index >= 15 is 0 Å². The van der Waals surface area contributed by atoms with Gasteiger partial charge in [-0.05, 0) is 56.9 Å². The molecule has 8 nitrogen and oxygen atoms in total. The number of hydrogen-bond acceptors (Lipinski definition) is 6. The van der Waals surface area contributed by atoms with Crippen LogP contribution < -0.4 is 14.7 Å². The number of carbonyl (C=O) groups is 2. The molecule has 0 aliphatic carbocycles. The van der Waals surface area contributed by atoms with Gasteiger partial charge in [0, 0.05) is 69.7 Å². The lowest BCUT2D eigenvalue weighted by molar-refractivity contribution is -0.136. The Kier molecular flexibility index (Phi) is 6.15. The number of benzene rings is 1. The lowest BCUT2D eigenvalue weighted by atomic mass is 10.1. The van der Waals surface area contributed by atoms with Crippen molar-refractivity contribution in [2.45, 2.75) is 40.0 Å². The van der Waals surface area contributed by atoms with E-state index in [2.05, 4.69) is 28.6 Å². The van der Waals surface area contributed by atoms with Gasteiger partial charge in [0.25, 0.3) is 0 Å². The van der Waals surface area contributed by atoms with Crippen LogP contribution in [-0.2, 0) is 9.59 Å². The summed E-state index contributed by atoms with van der Waals surface area (Å²) in [5.74, 6) is 1.62. The molecule has 1 aromatic heterocycles. The van der Waals surface area contributed by atoms with Gasteiger partial charge in [-0.25, -0.2) is 4.98 Å². The lowest BCUT2D eigenvalue weighted by Gasteiger charge is -2.36. The molecular formula is C26H34N6O2. The number of amides is 2. The average Bonchev–Trinajstić information content (AvgIpc) is 3.50. The highest BCUT2D eigenvalue weighted by molar-refractivity contribution is 6.00. The Morgan fingerprint density at radius 3 is 2.32 bits per heavy atom. The summed E-state index contributed by atoms with van der Waals surface area (Å²) in [4.78, 5) is 43.7. The van der Waals surface area contributed by atoms with Crippen molar-refractivity contribution in [3.8, 4) is 0 Å². The van der Waals surface area contributed by atoms with Gasteiger partial charge in [-0.3, -0.25) is 9.59 Å². The summed E-state index contributed by atoms with van der Waals surface area (Å²) in [6, 6.07) is 8.09. The van der Waals surface area contributed by atoms with E-state index in [1.807, 2.05) is 36.1 Å². The molecule has 1 unspecified atom stereocenters. The Morgan fingerprint density at radius 1 is 0.882 bits per heavy atom.